The maximum absolute atomic E-state index is 12.5. The third-order valence-electron chi connectivity index (χ3n) is 5.19. The third-order valence-corrected chi connectivity index (χ3v) is 5.19. The van der Waals surface area contributed by atoms with E-state index in [4.69, 9.17) is 0 Å². The predicted molar refractivity (Wildman–Crippen MR) is 103 cm³/mol. The summed E-state index contributed by atoms with van der Waals surface area (Å²) in [5.74, 6) is 0.0542. The fourth-order valence-corrected chi connectivity index (χ4v) is 3.73. The van der Waals surface area contributed by atoms with Crippen LogP contribution in [0.5, 0.6) is 0 Å². The Bertz CT molecular complexity index is 839. The van der Waals surface area contributed by atoms with Crippen LogP contribution in [-0.2, 0) is 4.79 Å². The number of Topliss-reactive ketones (excluding diaryl/α,β-unsaturated/α-hetero) is 2. The number of hydrogen-bond acceptors (Lipinski definition) is 2. The number of fused-ring (bicyclic) bond motifs is 3. The Morgan fingerprint density at radius 3 is 2.44 bits per heavy atom. The molecule has 0 saturated heterocycles. The van der Waals surface area contributed by atoms with E-state index in [-0.39, 0.29) is 11.6 Å². The Hall–Kier alpha value is -2.16. The minimum atomic E-state index is -0.370. The van der Waals surface area contributed by atoms with Crippen LogP contribution in [0, 0.1) is 5.92 Å². The van der Waals surface area contributed by atoms with E-state index >= 15 is 0 Å². The lowest BCUT2D eigenvalue weighted by Gasteiger charge is -2.17. The SMILES string of the molecule is CC1=C(CCCCCCC(C)C)c2[nH]c3ccccc3c2C(=O)C1=O. The number of unbranched alkanes of at least 4 members (excludes halogenated alkanes) is 3. The first-order valence-corrected chi connectivity index (χ1v) is 9.40. The van der Waals surface area contributed by atoms with Crippen molar-refractivity contribution in [3.05, 3.63) is 41.1 Å². The van der Waals surface area contributed by atoms with Gasteiger partial charge >= 0.3 is 0 Å². The third kappa shape index (κ3) is 3.46. The van der Waals surface area contributed by atoms with Crippen LogP contribution in [0.1, 0.15) is 75.3 Å². The molecular weight excluding hydrogens is 310 g/mol. The number of allylic oxidation sites excluding steroid dienone is 2. The van der Waals surface area contributed by atoms with Crippen LogP contribution in [0.2, 0.25) is 0 Å². The van der Waals surface area contributed by atoms with Crippen molar-refractivity contribution in [1.82, 2.24) is 4.98 Å². The average Bonchev–Trinajstić information content (AvgIpc) is 2.97. The number of para-hydroxylation sites is 1. The van der Waals surface area contributed by atoms with E-state index in [2.05, 4.69) is 18.8 Å². The summed E-state index contributed by atoms with van der Waals surface area (Å²) in [7, 11) is 0. The fraction of sp³-hybridized carbons (Fsp3) is 0.455. The molecule has 3 heteroatoms. The smallest absolute Gasteiger partial charge is 0.235 e. The highest BCUT2D eigenvalue weighted by molar-refractivity contribution is 6.54. The summed E-state index contributed by atoms with van der Waals surface area (Å²) in [6.07, 6.45) is 6.86. The number of hydrogen-bond donors (Lipinski definition) is 1. The Labute approximate surface area is 149 Å². The summed E-state index contributed by atoms with van der Waals surface area (Å²) >= 11 is 0. The molecule has 2 aromatic rings. The van der Waals surface area contributed by atoms with Gasteiger partial charge in [-0.1, -0.05) is 57.7 Å². The highest BCUT2D eigenvalue weighted by Crippen LogP contribution is 2.36. The topological polar surface area (TPSA) is 49.9 Å². The standard InChI is InChI=1S/C22H27NO2/c1-14(2)10-6-4-5-7-11-16-15(3)21(24)22(25)19-17-12-8-9-13-18(17)23-20(16)19/h8-9,12-14,23H,4-7,10-11H2,1-3H3. The average molecular weight is 337 g/mol. The first-order chi connectivity index (χ1) is 12.0. The van der Waals surface area contributed by atoms with E-state index in [0.29, 0.717) is 11.1 Å². The number of nitrogens with one attached hydrogen (secondary N) is 1. The van der Waals surface area contributed by atoms with Gasteiger partial charge in [0.25, 0.3) is 0 Å². The lowest BCUT2D eigenvalue weighted by atomic mass is 9.85. The molecule has 0 spiro atoms. The molecule has 0 radical (unpaired) electrons. The molecule has 1 aliphatic carbocycles. The minimum Gasteiger partial charge on any atom is -0.354 e. The summed E-state index contributed by atoms with van der Waals surface area (Å²) in [6.45, 7) is 6.31. The molecule has 3 nitrogen and oxygen atoms in total. The number of ketones is 2. The van der Waals surface area contributed by atoms with Gasteiger partial charge < -0.3 is 4.98 Å². The molecule has 0 aliphatic heterocycles. The van der Waals surface area contributed by atoms with Gasteiger partial charge in [-0.25, -0.2) is 0 Å². The van der Waals surface area contributed by atoms with Crippen LogP contribution in [0.3, 0.4) is 0 Å². The number of rotatable bonds is 7. The summed E-state index contributed by atoms with van der Waals surface area (Å²) < 4.78 is 0. The number of carbonyl (C=O) groups excluding carboxylic acids is 2. The monoisotopic (exact) mass is 337 g/mol. The second-order valence-electron chi connectivity index (χ2n) is 7.53. The van der Waals surface area contributed by atoms with Gasteiger partial charge in [-0.2, -0.15) is 0 Å². The molecule has 1 N–H and O–H groups in total. The van der Waals surface area contributed by atoms with Crippen molar-refractivity contribution in [2.45, 2.75) is 59.3 Å². The van der Waals surface area contributed by atoms with Gasteiger partial charge in [-0.3, -0.25) is 9.59 Å². The molecule has 132 valence electrons. The van der Waals surface area contributed by atoms with E-state index in [1.165, 1.54) is 25.7 Å². The van der Waals surface area contributed by atoms with Crippen LogP contribution in [-0.4, -0.2) is 16.6 Å². The zero-order valence-corrected chi connectivity index (χ0v) is 15.4. The molecule has 3 rings (SSSR count). The second-order valence-corrected chi connectivity index (χ2v) is 7.53. The molecular formula is C22H27NO2. The van der Waals surface area contributed by atoms with Crippen LogP contribution in [0.25, 0.3) is 16.5 Å². The van der Waals surface area contributed by atoms with Crippen molar-refractivity contribution < 1.29 is 9.59 Å². The minimum absolute atomic E-state index is 0.341. The van der Waals surface area contributed by atoms with Crippen LogP contribution < -0.4 is 0 Å². The lowest BCUT2D eigenvalue weighted by Crippen LogP contribution is -2.22. The van der Waals surface area contributed by atoms with Crippen LogP contribution in [0.4, 0.5) is 0 Å². The van der Waals surface area contributed by atoms with Crippen LogP contribution in [0.15, 0.2) is 29.8 Å². The van der Waals surface area contributed by atoms with Crippen molar-refractivity contribution in [1.29, 1.82) is 0 Å². The summed E-state index contributed by atoms with van der Waals surface area (Å²) in [5, 5.41) is 0.859. The van der Waals surface area contributed by atoms with Crippen molar-refractivity contribution in [3.63, 3.8) is 0 Å². The summed E-state index contributed by atoms with van der Waals surface area (Å²) in [6, 6.07) is 7.74. The largest absolute Gasteiger partial charge is 0.354 e. The van der Waals surface area contributed by atoms with E-state index in [1.807, 2.05) is 24.3 Å². The number of benzene rings is 1. The molecule has 0 unspecified atom stereocenters. The quantitative estimate of drug-likeness (QED) is 0.520. The van der Waals surface area contributed by atoms with Crippen molar-refractivity contribution >= 4 is 28.0 Å². The van der Waals surface area contributed by atoms with Gasteiger partial charge in [0.2, 0.25) is 11.6 Å². The van der Waals surface area contributed by atoms with Gasteiger partial charge in [0, 0.05) is 16.5 Å². The lowest BCUT2D eigenvalue weighted by molar-refractivity contribution is -0.111. The van der Waals surface area contributed by atoms with Crippen LogP contribution >= 0.6 is 0 Å². The van der Waals surface area contributed by atoms with Gasteiger partial charge in [0.15, 0.2) is 0 Å². The molecule has 0 saturated carbocycles. The van der Waals surface area contributed by atoms with E-state index in [1.54, 1.807) is 6.92 Å². The highest BCUT2D eigenvalue weighted by Gasteiger charge is 2.33. The van der Waals surface area contributed by atoms with Gasteiger partial charge in [0.05, 0.1) is 11.3 Å². The van der Waals surface area contributed by atoms with Gasteiger partial charge in [-0.15, -0.1) is 0 Å². The van der Waals surface area contributed by atoms with Gasteiger partial charge in [0.1, 0.15) is 0 Å². The molecule has 1 aliphatic rings. The Morgan fingerprint density at radius 1 is 0.960 bits per heavy atom. The zero-order chi connectivity index (χ0) is 18.0. The second kappa shape index (κ2) is 7.38. The fourth-order valence-electron chi connectivity index (χ4n) is 3.73. The van der Waals surface area contributed by atoms with Crippen molar-refractivity contribution in [2.24, 2.45) is 5.92 Å². The normalized spacial score (nSPS) is 14.7. The molecule has 0 atom stereocenters. The Balaban J connectivity index is 1.79. The Kier molecular flexibility index (Phi) is 5.22. The number of aromatic amines is 1. The number of carbonyl (C=O) groups is 2. The van der Waals surface area contributed by atoms with E-state index in [9.17, 15) is 9.59 Å². The molecule has 25 heavy (non-hydrogen) atoms. The summed E-state index contributed by atoms with van der Waals surface area (Å²) in [4.78, 5) is 28.3. The van der Waals surface area contributed by atoms with Crippen molar-refractivity contribution in [3.8, 4) is 0 Å². The molecule has 0 bridgehead atoms. The first-order valence-electron chi connectivity index (χ1n) is 9.40. The molecule has 1 aromatic carbocycles. The first kappa shape index (κ1) is 17.7. The van der Waals surface area contributed by atoms with E-state index in [0.717, 1.165) is 40.9 Å². The maximum atomic E-state index is 12.5. The molecule has 0 amide bonds. The van der Waals surface area contributed by atoms with E-state index < -0.39 is 0 Å². The van der Waals surface area contributed by atoms with Gasteiger partial charge in [-0.05, 0) is 37.3 Å². The highest BCUT2D eigenvalue weighted by atomic mass is 16.2. The summed E-state index contributed by atoms with van der Waals surface area (Å²) in [5.41, 5.74) is 4.01. The number of aromatic nitrogens is 1. The zero-order valence-electron chi connectivity index (χ0n) is 15.4. The molecule has 0 fully saturated rings. The maximum Gasteiger partial charge on any atom is 0.235 e. The molecule has 1 aromatic heterocycles. The van der Waals surface area contributed by atoms with Crippen molar-refractivity contribution in [2.75, 3.05) is 0 Å². The number of H-pyrrole nitrogens is 1. The predicted octanol–water partition coefficient (Wildman–Crippen LogP) is 5.70. The molecule has 1 heterocycles. The Morgan fingerprint density at radius 2 is 1.68 bits per heavy atom.